The van der Waals surface area contributed by atoms with Crippen LogP contribution in [0.4, 0.5) is 0 Å². The minimum Gasteiger partial charge on any atom is -0.505 e. The summed E-state index contributed by atoms with van der Waals surface area (Å²) in [6.07, 6.45) is 3.63. The third kappa shape index (κ3) is 3.99. The van der Waals surface area contributed by atoms with Crippen LogP contribution in [0, 0.1) is 6.92 Å². The van der Waals surface area contributed by atoms with Gasteiger partial charge in [-0.3, -0.25) is 0 Å². The van der Waals surface area contributed by atoms with Crippen LogP contribution in [0.15, 0.2) is 36.4 Å². The number of phenols is 1. The molecular weight excluding hydrogens is 312 g/mol. The molecule has 1 N–H and O–H groups in total. The van der Waals surface area contributed by atoms with E-state index in [1.807, 2.05) is 43.3 Å². The van der Waals surface area contributed by atoms with Crippen molar-refractivity contribution >= 4 is 11.0 Å². The predicted molar refractivity (Wildman–Crippen MR) is 101 cm³/mol. The number of aryl methyl sites for hydroxylation is 1. The van der Waals surface area contributed by atoms with Crippen molar-refractivity contribution in [2.24, 2.45) is 0 Å². The zero-order valence-electron chi connectivity index (χ0n) is 15.2. The van der Waals surface area contributed by atoms with E-state index in [1.54, 1.807) is 0 Å². The Labute approximate surface area is 148 Å². The van der Waals surface area contributed by atoms with Crippen LogP contribution in [0.1, 0.15) is 37.3 Å². The van der Waals surface area contributed by atoms with Crippen LogP contribution in [0.3, 0.4) is 0 Å². The number of hydrogen-bond donors (Lipinski definition) is 1. The van der Waals surface area contributed by atoms with Gasteiger partial charge in [0.05, 0.1) is 0 Å². The van der Waals surface area contributed by atoms with Crippen molar-refractivity contribution in [1.82, 2.24) is 19.9 Å². The largest absolute Gasteiger partial charge is 0.505 e. The molecule has 1 heterocycles. The molecule has 25 heavy (non-hydrogen) atoms. The topological polar surface area (TPSA) is 54.2 Å². The van der Waals surface area contributed by atoms with Gasteiger partial charge in [-0.1, -0.05) is 38.0 Å². The maximum atomic E-state index is 10.8. The van der Waals surface area contributed by atoms with Crippen molar-refractivity contribution in [3.8, 4) is 11.4 Å². The Morgan fingerprint density at radius 1 is 1.08 bits per heavy atom. The van der Waals surface area contributed by atoms with Crippen LogP contribution >= 0.6 is 0 Å². The molecule has 5 heteroatoms. The van der Waals surface area contributed by atoms with Gasteiger partial charge in [0.15, 0.2) is 0 Å². The number of fused-ring (bicyclic) bond motifs is 1. The molecule has 0 aliphatic heterocycles. The van der Waals surface area contributed by atoms with E-state index in [1.165, 1.54) is 24.1 Å². The molecule has 0 spiro atoms. The highest BCUT2D eigenvalue weighted by atomic mass is 16.3. The number of benzene rings is 2. The molecule has 3 aromatic rings. The third-order valence-electron chi connectivity index (χ3n) is 4.40. The van der Waals surface area contributed by atoms with Gasteiger partial charge in [-0.15, -0.1) is 15.0 Å². The normalized spacial score (nSPS) is 11.5. The number of unbranched alkanes of at least 4 members (excludes halogenated alkanes) is 2. The number of aromatic hydroxyl groups is 1. The highest BCUT2D eigenvalue weighted by Gasteiger charge is 2.14. The van der Waals surface area contributed by atoms with Gasteiger partial charge in [-0.2, -0.15) is 0 Å². The van der Waals surface area contributed by atoms with Crippen LogP contribution in [-0.2, 0) is 6.54 Å². The maximum Gasteiger partial charge on any atom is 0.147 e. The molecule has 0 aliphatic rings. The fourth-order valence-corrected chi connectivity index (χ4v) is 3.08. The van der Waals surface area contributed by atoms with Crippen LogP contribution in [0.25, 0.3) is 16.7 Å². The Morgan fingerprint density at radius 3 is 2.40 bits per heavy atom. The summed E-state index contributed by atoms with van der Waals surface area (Å²) < 4.78 is 0. The van der Waals surface area contributed by atoms with Crippen molar-refractivity contribution in [1.29, 1.82) is 0 Å². The quantitative estimate of drug-likeness (QED) is 0.660. The van der Waals surface area contributed by atoms with E-state index >= 15 is 0 Å². The fourth-order valence-electron chi connectivity index (χ4n) is 3.08. The number of phenolic OH excluding ortho intramolecular Hbond substituents is 1. The molecule has 0 aliphatic carbocycles. The number of nitrogens with zero attached hydrogens (tertiary/aromatic N) is 4. The monoisotopic (exact) mass is 338 g/mol. The third-order valence-corrected chi connectivity index (χ3v) is 4.40. The molecule has 0 unspecified atom stereocenters. The van der Waals surface area contributed by atoms with E-state index in [0.717, 1.165) is 28.7 Å². The van der Waals surface area contributed by atoms with Gasteiger partial charge in [-0.05, 0) is 50.7 Å². The fraction of sp³-hybridized carbons (Fsp3) is 0.400. The lowest BCUT2D eigenvalue weighted by molar-refractivity contribution is 0.312. The summed E-state index contributed by atoms with van der Waals surface area (Å²) in [5, 5.41) is 19.8. The molecule has 3 rings (SSSR count). The standard InChI is InChI=1S/C20H26N4O/c1-4-5-8-11-23(3)14-16-12-15(2)13-19(20(16)25)24-21-17-9-6-7-10-18(17)22-24/h6-7,9-10,12-13,25H,4-5,8,11,14H2,1-3H3. The van der Waals surface area contributed by atoms with Gasteiger partial charge in [0.2, 0.25) is 0 Å². The summed E-state index contributed by atoms with van der Waals surface area (Å²) in [4.78, 5) is 3.79. The minimum atomic E-state index is 0.258. The van der Waals surface area contributed by atoms with E-state index in [2.05, 4.69) is 29.1 Å². The Hall–Kier alpha value is -2.40. The molecule has 0 atom stereocenters. The Bertz CT molecular complexity index is 823. The average Bonchev–Trinajstić information content (AvgIpc) is 3.02. The second-order valence-electron chi connectivity index (χ2n) is 6.71. The summed E-state index contributed by atoms with van der Waals surface area (Å²) in [5.74, 6) is 0.258. The van der Waals surface area contributed by atoms with Crippen LogP contribution in [0.2, 0.25) is 0 Å². The first-order chi connectivity index (χ1) is 12.1. The highest BCUT2D eigenvalue weighted by molar-refractivity contribution is 5.73. The van der Waals surface area contributed by atoms with Crippen LogP contribution < -0.4 is 0 Å². The molecule has 5 nitrogen and oxygen atoms in total. The first-order valence-corrected chi connectivity index (χ1v) is 8.92. The van der Waals surface area contributed by atoms with Crippen molar-refractivity contribution in [2.75, 3.05) is 13.6 Å². The van der Waals surface area contributed by atoms with Crippen LogP contribution in [0.5, 0.6) is 5.75 Å². The number of rotatable bonds is 7. The molecule has 0 fully saturated rings. The Balaban J connectivity index is 1.89. The SMILES string of the molecule is CCCCCN(C)Cc1cc(C)cc(-n2nc3ccccc3n2)c1O. The zero-order chi connectivity index (χ0) is 17.8. The summed E-state index contributed by atoms with van der Waals surface area (Å²) in [6, 6.07) is 11.7. The molecule has 0 radical (unpaired) electrons. The van der Waals surface area contributed by atoms with E-state index < -0.39 is 0 Å². The molecule has 2 aromatic carbocycles. The average molecular weight is 338 g/mol. The molecule has 0 saturated carbocycles. The first-order valence-electron chi connectivity index (χ1n) is 8.92. The van der Waals surface area contributed by atoms with Gasteiger partial charge in [0.25, 0.3) is 0 Å². The second kappa shape index (κ2) is 7.66. The van der Waals surface area contributed by atoms with Gasteiger partial charge < -0.3 is 10.0 Å². The minimum absolute atomic E-state index is 0.258. The van der Waals surface area contributed by atoms with E-state index in [0.29, 0.717) is 12.2 Å². The number of hydrogen-bond acceptors (Lipinski definition) is 4. The van der Waals surface area contributed by atoms with Gasteiger partial charge >= 0.3 is 0 Å². The summed E-state index contributed by atoms with van der Waals surface area (Å²) in [7, 11) is 2.09. The highest BCUT2D eigenvalue weighted by Crippen LogP contribution is 2.29. The Morgan fingerprint density at radius 2 is 1.76 bits per heavy atom. The van der Waals surface area contributed by atoms with Crippen molar-refractivity contribution < 1.29 is 5.11 Å². The Kier molecular flexibility index (Phi) is 5.34. The summed E-state index contributed by atoms with van der Waals surface area (Å²) in [5.41, 5.74) is 4.28. The van der Waals surface area contributed by atoms with Gasteiger partial charge in [0.1, 0.15) is 22.5 Å². The molecule has 1 aromatic heterocycles. The smallest absolute Gasteiger partial charge is 0.147 e. The van der Waals surface area contributed by atoms with Gasteiger partial charge in [0, 0.05) is 12.1 Å². The molecule has 132 valence electrons. The van der Waals surface area contributed by atoms with Crippen molar-refractivity contribution in [3.63, 3.8) is 0 Å². The van der Waals surface area contributed by atoms with E-state index in [9.17, 15) is 5.11 Å². The molecule has 0 amide bonds. The van der Waals surface area contributed by atoms with Crippen molar-refractivity contribution in [3.05, 3.63) is 47.5 Å². The van der Waals surface area contributed by atoms with Crippen molar-refractivity contribution in [2.45, 2.75) is 39.7 Å². The zero-order valence-corrected chi connectivity index (χ0v) is 15.2. The molecule has 0 saturated heterocycles. The first kappa shape index (κ1) is 17.4. The molecule has 0 bridgehead atoms. The predicted octanol–water partition coefficient (Wildman–Crippen LogP) is 4.06. The van der Waals surface area contributed by atoms with E-state index in [-0.39, 0.29) is 5.75 Å². The van der Waals surface area contributed by atoms with Gasteiger partial charge in [-0.25, -0.2) is 0 Å². The lowest BCUT2D eigenvalue weighted by Crippen LogP contribution is -2.19. The van der Waals surface area contributed by atoms with E-state index in [4.69, 9.17) is 0 Å². The van der Waals surface area contributed by atoms with Crippen LogP contribution in [-0.4, -0.2) is 38.6 Å². The lowest BCUT2D eigenvalue weighted by Gasteiger charge is -2.18. The maximum absolute atomic E-state index is 10.8. The second-order valence-corrected chi connectivity index (χ2v) is 6.71. The molecular formula is C20H26N4O. The summed E-state index contributed by atoms with van der Waals surface area (Å²) >= 11 is 0. The lowest BCUT2D eigenvalue weighted by atomic mass is 10.1. The number of aromatic nitrogens is 3. The summed E-state index contributed by atoms with van der Waals surface area (Å²) in [6.45, 7) is 5.98.